The molecule has 6 nitrogen and oxygen atoms in total. The van der Waals surface area contributed by atoms with E-state index in [-0.39, 0.29) is 11.8 Å². The van der Waals surface area contributed by atoms with Crippen molar-refractivity contribution in [3.8, 4) is 11.5 Å². The van der Waals surface area contributed by atoms with Crippen molar-refractivity contribution in [1.29, 1.82) is 0 Å². The molecule has 1 N–H and O–H groups in total. The Kier molecular flexibility index (Phi) is 6.25. The van der Waals surface area contributed by atoms with Crippen LogP contribution in [0.2, 0.25) is 0 Å². The Hall–Kier alpha value is -3.80. The van der Waals surface area contributed by atoms with Crippen molar-refractivity contribution in [2.45, 2.75) is 18.8 Å². The highest BCUT2D eigenvalue weighted by Crippen LogP contribution is 2.27. The molecule has 2 heterocycles. The SMILES string of the molecule is O=C(CC(c1ccccc1)c1ccccc1)NCCc1nnc(-c2cccnc2)o1. The van der Waals surface area contributed by atoms with Crippen LogP contribution in [-0.2, 0) is 11.2 Å². The van der Waals surface area contributed by atoms with E-state index in [1.807, 2.05) is 48.5 Å². The fraction of sp³-hybridized carbons (Fsp3) is 0.167. The summed E-state index contributed by atoms with van der Waals surface area (Å²) in [6.45, 7) is 0.434. The predicted octanol–water partition coefficient (Wildman–Crippen LogP) is 4.01. The third kappa shape index (κ3) is 4.97. The summed E-state index contributed by atoms with van der Waals surface area (Å²) in [7, 11) is 0. The van der Waals surface area contributed by atoms with Crippen molar-refractivity contribution < 1.29 is 9.21 Å². The highest BCUT2D eigenvalue weighted by molar-refractivity contribution is 5.77. The lowest BCUT2D eigenvalue weighted by Gasteiger charge is -2.17. The number of pyridine rings is 1. The van der Waals surface area contributed by atoms with Gasteiger partial charge in [0.1, 0.15) is 0 Å². The molecule has 4 rings (SSSR count). The Balaban J connectivity index is 1.35. The monoisotopic (exact) mass is 398 g/mol. The van der Waals surface area contributed by atoms with Crippen molar-refractivity contribution >= 4 is 5.91 Å². The van der Waals surface area contributed by atoms with E-state index in [1.54, 1.807) is 12.4 Å². The van der Waals surface area contributed by atoms with E-state index >= 15 is 0 Å². The molecule has 0 aliphatic heterocycles. The number of nitrogens with zero attached hydrogens (tertiary/aromatic N) is 3. The number of amides is 1. The van der Waals surface area contributed by atoms with Crippen LogP contribution in [0.1, 0.15) is 29.4 Å². The normalized spacial score (nSPS) is 10.8. The van der Waals surface area contributed by atoms with Gasteiger partial charge in [-0.3, -0.25) is 9.78 Å². The van der Waals surface area contributed by atoms with Gasteiger partial charge >= 0.3 is 0 Å². The molecule has 0 unspecified atom stereocenters. The van der Waals surface area contributed by atoms with E-state index in [0.29, 0.717) is 31.2 Å². The number of hydrogen-bond acceptors (Lipinski definition) is 5. The summed E-state index contributed by atoms with van der Waals surface area (Å²) in [5.41, 5.74) is 3.02. The molecule has 0 fully saturated rings. The molecule has 0 saturated carbocycles. The maximum absolute atomic E-state index is 12.6. The molecule has 1 amide bonds. The third-order valence-corrected chi connectivity index (χ3v) is 4.83. The Labute approximate surface area is 175 Å². The van der Waals surface area contributed by atoms with Gasteiger partial charge in [0, 0.05) is 37.7 Å². The molecular formula is C24H22N4O2. The first-order valence-corrected chi connectivity index (χ1v) is 9.89. The molecule has 0 bridgehead atoms. The Morgan fingerprint density at radius 3 is 2.23 bits per heavy atom. The van der Waals surface area contributed by atoms with E-state index in [1.165, 1.54) is 0 Å². The van der Waals surface area contributed by atoms with Gasteiger partial charge in [-0.05, 0) is 23.3 Å². The first-order valence-electron chi connectivity index (χ1n) is 9.89. The van der Waals surface area contributed by atoms with Crippen LogP contribution in [0.25, 0.3) is 11.5 Å². The molecule has 4 aromatic rings. The lowest BCUT2D eigenvalue weighted by molar-refractivity contribution is -0.121. The molecule has 6 heteroatoms. The number of rotatable bonds is 8. The average Bonchev–Trinajstić information content (AvgIpc) is 3.28. The highest BCUT2D eigenvalue weighted by atomic mass is 16.4. The van der Waals surface area contributed by atoms with Gasteiger partial charge < -0.3 is 9.73 Å². The van der Waals surface area contributed by atoms with Crippen LogP contribution in [0.4, 0.5) is 0 Å². The minimum absolute atomic E-state index is 0.00740. The first-order chi connectivity index (χ1) is 14.8. The molecule has 2 aromatic carbocycles. The lowest BCUT2D eigenvalue weighted by atomic mass is 9.88. The van der Waals surface area contributed by atoms with E-state index in [2.05, 4.69) is 44.8 Å². The summed E-state index contributed by atoms with van der Waals surface area (Å²) in [6.07, 6.45) is 4.21. The zero-order chi connectivity index (χ0) is 20.6. The average molecular weight is 398 g/mol. The van der Waals surface area contributed by atoms with Crippen LogP contribution in [-0.4, -0.2) is 27.6 Å². The second kappa shape index (κ2) is 9.60. The van der Waals surface area contributed by atoms with Crippen LogP contribution < -0.4 is 5.32 Å². The number of carbonyl (C=O) groups excluding carboxylic acids is 1. The molecule has 0 saturated heterocycles. The lowest BCUT2D eigenvalue weighted by Crippen LogP contribution is -2.27. The number of benzene rings is 2. The summed E-state index contributed by atoms with van der Waals surface area (Å²) in [4.78, 5) is 16.7. The van der Waals surface area contributed by atoms with Gasteiger partial charge in [-0.25, -0.2) is 0 Å². The van der Waals surface area contributed by atoms with Gasteiger partial charge in [0.05, 0.1) is 5.56 Å². The summed E-state index contributed by atoms with van der Waals surface area (Å²) in [5.74, 6) is 0.905. The molecule has 0 atom stereocenters. The van der Waals surface area contributed by atoms with Gasteiger partial charge in [0.25, 0.3) is 0 Å². The van der Waals surface area contributed by atoms with Crippen LogP contribution >= 0.6 is 0 Å². The maximum Gasteiger partial charge on any atom is 0.249 e. The Morgan fingerprint density at radius 1 is 0.900 bits per heavy atom. The summed E-state index contributed by atoms with van der Waals surface area (Å²) in [6, 6.07) is 23.9. The van der Waals surface area contributed by atoms with Crippen molar-refractivity contribution in [2.75, 3.05) is 6.54 Å². The zero-order valence-corrected chi connectivity index (χ0v) is 16.4. The van der Waals surface area contributed by atoms with Crippen molar-refractivity contribution in [1.82, 2.24) is 20.5 Å². The Morgan fingerprint density at radius 2 is 1.60 bits per heavy atom. The first kappa shape index (κ1) is 19.5. The number of carbonyl (C=O) groups is 1. The second-order valence-corrected chi connectivity index (χ2v) is 6.92. The molecule has 150 valence electrons. The molecule has 0 aliphatic rings. The van der Waals surface area contributed by atoms with E-state index < -0.39 is 0 Å². The smallest absolute Gasteiger partial charge is 0.249 e. The third-order valence-electron chi connectivity index (χ3n) is 4.83. The fourth-order valence-electron chi connectivity index (χ4n) is 3.33. The van der Waals surface area contributed by atoms with Crippen LogP contribution in [0.15, 0.2) is 89.6 Å². The molecule has 2 aromatic heterocycles. The van der Waals surface area contributed by atoms with Crippen LogP contribution in [0, 0.1) is 0 Å². The highest BCUT2D eigenvalue weighted by Gasteiger charge is 2.18. The largest absolute Gasteiger partial charge is 0.421 e. The molecular weight excluding hydrogens is 376 g/mol. The second-order valence-electron chi connectivity index (χ2n) is 6.92. The van der Waals surface area contributed by atoms with Crippen LogP contribution in [0.3, 0.4) is 0 Å². The molecule has 0 spiro atoms. The maximum atomic E-state index is 12.6. The summed E-state index contributed by atoms with van der Waals surface area (Å²) >= 11 is 0. The minimum Gasteiger partial charge on any atom is -0.421 e. The molecule has 30 heavy (non-hydrogen) atoms. The summed E-state index contributed by atoms with van der Waals surface area (Å²) < 4.78 is 5.66. The fourth-order valence-corrected chi connectivity index (χ4v) is 3.33. The van der Waals surface area contributed by atoms with E-state index in [9.17, 15) is 4.79 Å². The quantitative estimate of drug-likeness (QED) is 0.485. The molecule has 0 aliphatic carbocycles. The van der Waals surface area contributed by atoms with Gasteiger partial charge in [-0.1, -0.05) is 60.7 Å². The van der Waals surface area contributed by atoms with Gasteiger partial charge in [-0.2, -0.15) is 0 Å². The van der Waals surface area contributed by atoms with Gasteiger partial charge in [0.15, 0.2) is 0 Å². The van der Waals surface area contributed by atoms with Gasteiger partial charge in [-0.15, -0.1) is 10.2 Å². The minimum atomic E-state index is -0.0142. The number of hydrogen-bond donors (Lipinski definition) is 1. The topological polar surface area (TPSA) is 80.9 Å². The van der Waals surface area contributed by atoms with E-state index in [0.717, 1.165) is 16.7 Å². The van der Waals surface area contributed by atoms with Crippen LogP contribution in [0.5, 0.6) is 0 Å². The predicted molar refractivity (Wildman–Crippen MR) is 114 cm³/mol. The number of nitrogens with one attached hydrogen (secondary N) is 1. The Bertz CT molecular complexity index is 1030. The van der Waals surface area contributed by atoms with Crippen molar-refractivity contribution in [3.05, 3.63) is 102 Å². The standard InChI is InChI=1S/C24H22N4O2/c29-22(16-21(18-8-3-1-4-9-18)19-10-5-2-6-11-19)26-15-13-23-27-28-24(30-23)20-12-7-14-25-17-20/h1-12,14,17,21H,13,15-16H2,(H,26,29). The molecule has 0 radical (unpaired) electrons. The van der Waals surface area contributed by atoms with Crippen molar-refractivity contribution in [2.24, 2.45) is 0 Å². The van der Waals surface area contributed by atoms with E-state index in [4.69, 9.17) is 4.42 Å². The van der Waals surface area contributed by atoms with Gasteiger partial charge in [0.2, 0.25) is 17.7 Å². The zero-order valence-electron chi connectivity index (χ0n) is 16.4. The van der Waals surface area contributed by atoms with Crippen molar-refractivity contribution in [3.63, 3.8) is 0 Å². The summed E-state index contributed by atoms with van der Waals surface area (Å²) in [5, 5.41) is 11.1. The number of aromatic nitrogens is 3.